The number of allylic oxidation sites excluding steroid dienone is 2. The lowest BCUT2D eigenvalue weighted by molar-refractivity contribution is -0.141. The largest absolute Gasteiger partial charge is 0.340 e. The Morgan fingerprint density at radius 1 is 0.844 bits per heavy atom. The summed E-state index contributed by atoms with van der Waals surface area (Å²) in [5.74, 6) is -0.613. The van der Waals surface area contributed by atoms with Gasteiger partial charge < -0.3 is 4.90 Å². The van der Waals surface area contributed by atoms with Crippen LogP contribution in [0.1, 0.15) is 24.8 Å². The number of carbonyl (C=O) groups excluding carboxylic acids is 3. The minimum atomic E-state index is -0.222. The van der Waals surface area contributed by atoms with E-state index in [1.54, 1.807) is 0 Å². The van der Waals surface area contributed by atoms with Gasteiger partial charge in [-0.1, -0.05) is 54.6 Å². The van der Waals surface area contributed by atoms with Crippen LogP contribution in [0.4, 0.5) is 0 Å². The topological polar surface area (TPSA) is 60.9 Å². The minimum Gasteiger partial charge on any atom is -0.340 e. The number of likely N-dealkylation sites (tertiary alicyclic amines) is 1. The van der Waals surface area contributed by atoms with E-state index >= 15 is 0 Å². The molecule has 0 bridgehead atoms. The molecular weight excluding hydrogens is 402 g/mol. The van der Waals surface area contributed by atoms with E-state index in [0.29, 0.717) is 25.9 Å². The number of rotatable bonds is 5. The summed E-state index contributed by atoms with van der Waals surface area (Å²) >= 11 is 0. The van der Waals surface area contributed by atoms with Crippen molar-refractivity contribution in [2.45, 2.75) is 25.8 Å². The fourth-order valence-corrected chi connectivity index (χ4v) is 5.28. The van der Waals surface area contributed by atoms with E-state index in [9.17, 15) is 14.4 Å². The Kier molecular flexibility index (Phi) is 5.79. The zero-order chi connectivity index (χ0) is 22.1. The lowest BCUT2D eigenvalue weighted by atomic mass is 9.85. The minimum absolute atomic E-state index is 0.0309. The van der Waals surface area contributed by atoms with Gasteiger partial charge in [0.1, 0.15) is 0 Å². The van der Waals surface area contributed by atoms with Crippen LogP contribution < -0.4 is 0 Å². The van der Waals surface area contributed by atoms with Crippen molar-refractivity contribution in [3.8, 4) is 0 Å². The van der Waals surface area contributed by atoms with E-state index in [-0.39, 0.29) is 42.5 Å². The molecule has 0 spiro atoms. The third kappa shape index (κ3) is 3.95. The number of hydrogen-bond acceptors (Lipinski definition) is 4. The maximum absolute atomic E-state index is 12.8. The molecular formula is C26H29N3O3. The smallest absolute Gasteiger partial charge is 0.233 e. The highest BCUT2D eigenvalue weighted by atomic mass is 16.2. The highest BCUT2D eigenvalue weighted by molar-refractivity contribution is 6.05. The molecule has 5 rings (SSSR count). The van der Waals surface area contributed by atoms with E-state index < -0.39 is 0 Å². The lowest BCUT2D eigenvalue weighted by Gasteiger charge is -2.35. The van der Waals surface area contributed by atoms with Crippen LogP contribution >= 0.6 is 0 Å². The molecule has 2 saturated heterocycles. The van der Waals surface area contributed by atoms with Crippen molar-refractivity contribution in [2.24, 2.45) is 11.8 Å². The van der Waals surface area contributed by atoms with Gasteiger partial charge in [-0.2, -0.15) is 0 Å². The zero-order valence-electron chi connectivity index (χ0n) is 18.3. The summed E-state index contributed by atoms with van der Waals surface area (Å²) in [4.78, 5) is 43.5. The molecule has 3 amide bonds. The average Bonchev–Trinajstić information content (AvgIpc) is 3.08. The van der Waals surface area contributed by atoms with E-state index in [1.807, 2.05) is 17.1 Å². The Labute approximate surface area is 188 Å². The second-order valence-corrected chi connectivity index (χ2v) is 9.03. The van der Waals surface area contributed by atoms with Gasteiger partial charge in [-0.3, -0.25) is 24.2 Å². The van der Waals surface area contributed by atoms with E-state index in [0.717, 1.165) is 19.6 Å². The maximum atomic E-state index is 12.8. The molecule has 0 saturated carbocycles. The number of fused-ring (bicyclic) bond motifs is 2. The molecule has 2 atom stereocenters. The second-order valence-electron chi connectivity index (χ2n) is 9.03. The van der Waals surface area contributed by atoms with Crippen LogP contribution in [0, 0.1) is 11.8 Å². The number of benzene rings is 2. The molecule has 166 valence electrons. The van der Waals surface area contributed by atoms with Gasteiger partial charge >= 0.3 is 0 Å². The van der Waals surface area contributed by atoms with Gasteiger partial charge in [0.05, 0.1) is 11.8 Å². The molecule has 2 aromatic rings. The van der Waals surface area contributed by atoms with Crippen LogP contribution in [0.2, 0.25) is 0 Å². The summed E-state index contributed by atoms with van der Waals surface area (Å²) < 4.78 is 0. The molecule has 1 aliphatic carbocycles. The summed E-state index contributed by atoms with van der Waals surface area (Å²) in [7, 11) is 0. The average molecular weight is 432 g/mol. The zero-order valence-corrected chi connectivity index (χ0v) is 18.3. The summed E-state index contributed by atoms with van der Waals surface area (Å²) in [6.45, 7) is 4.09. The molecule has 0 unspecified atom stereocenters. The van der Waals surface area contributed by atoms with Crippen LogP contribution in [-0.4, -0.2) is 65.1 Å². The predicted molar refractivity (Wildman–Crippen MR) is 122 cm³/mol. The van der Waals surface area contributed by atoms with Crippen molar-refractivity contribution in [1.29, 1.82) is 0 Å². The Balaban J connectivity index is 1.13. The van der Waals surface area contributed by atoms with Crippen LogP contribution in [0.15, 0.2) is 54.6 Å². The molecule has 32 heavy (non-hydrogen) atoms. The normalized spacial score (nSPS) is 23.8. The Morgan fingerprint density at radius 3 is 2.22 bits per heavy atom. The predicted octanol–water partition coefficient (Wildman–Crippen LogP) is 2.83. The molecule has 3 aliphatic rings. The summed E-state index contributed by atoms with van der Waals surface area (Å²) in [6, 6.07) is 14.8. The number of carbonyl (C=O) groups is 3. The van der Waals surface area contributed by atoms with Crippen molar-refractivity contribution in [3.63, 3.8) is 0 Å². The van der Waals surface area contributed by atoms with E-state index in [4.69, 9.17) is 0 Å². The van der Waals surface area contributed by atoms with Gasteiger partial charge in [-0.05, 0) is 29.2 Å². The molecule has 2 fully saturated rings. The Hall–Kier alpha value is -2.99. The molecule has 0 radical (unpaired) electrons. The van der Waals surface area contributed by atoms with Crippen molar-refractivity contribution in [2.75, 3.05) is 32.7 Å². The molecule has 2 aliphatic heterocycles. The number of piperazine rings is 1. The van der Waals surface area contributed by atoms with Crippen LogP contribution in [0.3, 0.4) is 0 Å². The SMILES string of the molecule is O=C(CCN1C(=O)[C@@H]2CC=CC[C@H]2C1=O)N1CCN(Cc2cccc3ccccc23)CC1. The molecule has 6 heteroatoms. The van der Waals surface area contributed by atoms with Gasteiger partial charge in [-0.15, -0.1) is 0 Å². The highest BCUT2D eigenvalue weighted by Gasteiger charge is 2.47. The Bertz CT molecular complexity index is 1040. The summed E-state index contributed by atoms with van der Waals surface area (Å²) in [5, 5.41) is 2.53. The lowest BCUT2D eigenvalue weighted by Crippen LogP contribution is -2.49. The number of imide groups is 1. The van der Waals surface area contributed by atoms with Crippen LogP contribution in [0.25, 0.3) is 10.8 Å². The molecule has 2 aromatic carbocycles. The fourth-order valence-electron chi connectivity index (χ4n) is 5.28. The first-order chi connectivity index (χ1) is 15.6. The summed E-state index contributed by atoms with van der Waals surface area (Å²) in [5.41, 5.74) is 1.31. The standard InChI is InChI=1S/C26H29N3O3/c30-24(12-13-29-25(31)22-10-3-4-11-23(22)26(29)32)28-16-14-27(15-17-28)18-20-8-5-7-19-6-1-2-9-21(19)20/h1-9,22-23H,10-18H2/t22-,23-/m1/s1. The fraction of sp³-hybridized carbons (Fsp3) is 0.423. The highest BCUT2D eigenvalue weighted by Crippen LogP contribution is 2.35. The van der Waals surface area contributed by atoms with Crippen molar-refractivity contribution in [3.05, 3.63) is 60.2 Å². The van der Waals surface area contributed by atoms with Crippen molar-refractivity contribution < 1.29 is 14.4 Å². The Morgan fingerprint density at radius 2 is 1.50 bits per heavy atom. The maximum Gasteiger partial charge on any atom is 0.233 e. The molecule has 2 heterocycles. The van der Waals surface area contributed by atoms with Crippen molar-refractivity contribution >= 4 is 28.5 Å². The van der Waals surface area contributed by atoms with E-state index in [1.165, 1.54) is 21.2 Å². The van der Waals surface area contributed by atoms with Crippen molar-refractivity contribution in [1.82, 2.24) is 14.7 Å². The van der Waals surface area contributed by atoms with Gasteiger partial charge in [-0.25, -0.2) is 0 Å². The van der Waals surface area contributed by atoms with Gasteiger partial charge in [0, 0.05) is 45.7 Å². The monoisotopic (exact) mass is 431 g/mol. The molecule has 6 nitrogen and oxygen atoms in total. The van der Waals surface area contributed by atoms with Gasteiger partial charge in [0.15, 0.2) is 0 Å². The third-order valence-corrected chi connectivity index (χ3v) is 7.15. The second kappa shape index (κ2) is 8.87. The van der Waals surface area contributed by atoms with E-state index in [2.05, 4.69) is 47.4 Å². The first kappa shape index (κ1) is 20.9. The number of hydrogen-bond donors (Lipinski definition) is 0. The van der Waals surface area contributed by atoms with Crippen LogP contribution in [0.5, 0.6) is 0 Å². The number of nitrogens with zero attached hydrogens (tertiary/aromatic N) is 3. The van der Waals surface area contributed by atoms with Gasteiger partial charge in [0.2, 0.25) is 17.7 Å². The third-order valence-electron chi connectivity index (χ3n) is 7.15. The number of amides is 3. The molecule has 0 aromatic heterocycles. The van der Waals surface area contributed by atoms with Crippen LogP contribution in [-0.2, 0) is 20.9 Å². The quantitative estimate of drug-likeness (QED) is 0.540. The first-order valence-electron chi connectivity index (χ1n) is 11.6. The first-order valence-corrected chi connectivity index (χ1v) is 11.6. The molecule has 0 N–H and O–H groups in total. The summed E-state index contributed by atoms with van der Waals surface area (Å²) in [6.07, 6.45) is 5.46. The van der Waals surface area contributed by atoms with Gasteiger partial charge in [0.25, 0.3) is 0 Å².